The summed E-state index contributed by atoms with van der Waals surface area (Å²) < 4.78 is 0. The van der Waals surface area contributed by atoms with E-state index in [1.165, 1.54) is 0 Å². The van der Waals surface area contributed by atoms with Crippen LogP contribution < -0.4 is 10.6 Å². The van der Waals surface area contributed by atoms with Crippen molar-refractivity contribution >= 4 is 17.7 Å². The largest absolute Gasteiger partial charge is 0.352 e. The summed E-state index contributed by atoms with van der Waals surface area (Å²) in [4.78, 5) is 40.8. The molecule has 0 saturated carbocycles. The zero-order valence-corrected chi connectivity index (χ0v) is 20.1. The first-order valence-corrected chi connectivity index (χ1v) is 11.8. The third kappa shape index (κ3) is 6.44. The second kappa shape index (κ2) is 11.1. The van der Waals surface area contributed by atoms with Crippen molar-refractivity contribution in [3.63, 3.8) is 0 Å². The zero-order chi connectivity index (χ0) is 24.0. The highest BCUT2D eigenvalue weighted by atomic mass is 16.2. The van der Waals surface area contributed by atoms with Crippen LogP contribution in [0.5, 0.6) is 0 Å². The Hall–Kier alpha value is -3.15. The number of carbonyl (C=O) groups is 3. The molecule has 176 valence electrons. The predicted molar refractivity (Wildman–Crippen MR) is 130 cm³/mol. The lowest BCUT2D eigenvalue weighted by atomic mass is 9.88. The number of piperidine rings is 1. The number of likely N-dealkylation sites (tertiary alicyclic amines) is 1. The molecular weight excluding hydrogens is 414 g/mol. The first-order valence-electron chi connectivity index (χ1n) is 11.8. The van der Waals surface area contributed by atoms with Crippen molar-refractivity contribution in [1.82, 2.24) is 15.5 Å². The maximum absolute atomic E-state index is 13.1. The van der Waals surface area contributed by atoms with Crippen LogP contribution in [0.25, 0.3) is 0 Å². The lowest BCUT2D eigenvalue weighted by Crippen LogP contribution is -2.55. The number of carbonyl (C=O) groups excluding carboxylic acids is 3. The van der Waals surface area contributed by atoms with E-state index in [9.17, 15) is 14.4 Å². The van der Waals surface area contributed by atoms with Gasteiger partial charge in [-0.1, -0.05) is 42.3 Å². The molecule has 2 aromatic rings. The predicted octanol–water partition coefficient (Wildman–Crippen LogP) is 3.87. The molecule has 1 aliphatic heterocycles. The van der Waals surface area contributed by atoms with E-state index in [4.69, 9.17) is 0 Å². The number of hydrogen-bond donors (Lipinski definition) is 2. The van der Waals surface area contributed by atoms with Crippen LogP contribution in [0.4, 0.5) is 0 Å². The molecule has 0 radical (unpaired) electrons. The van der Waals surface area contributed by atoms with Crippen LogP contribution in [-0.2, 0) is 4.79 Å². The molecule has 0 unspecified atom stereocenters. The normalized spacial score (nSPS) is 16.1. The molecule has 1 heterocycles. The van der Waals surface area contributed by atoms with Gasteiger partial charge in [0, 0.05) is 30.3 Å². The molecule has 2 atom stereocenters. The van der Waals surface area contributed by atoms with Gasteiger partial charge in [0.25, 0.3) is 11.8 Å². The maximum Gasteiger partial charge on any atom is 0.253 e. The lowest BCUT2D eigenvalue weighted by molar-refractivity contribution is -0.125. The van der Waals surface area contributed by atoms with Gasteiger partial charge in [-0.05, 0) is 70.2 Å². The van der Waals surface area contributed by atoms with Gasteiger partial charge in [0.15, 0.2) is 0 Å². The SMILES string of the molecule is CC[C@@H](C)NC(=O)[C@@H](NC(=O)c1cccc(C)c1)C1CCN(C(=O)c2ccc(C)cc2)CC1. The van der Waals surface area contributed by atoms with Gasteiger partial charge in [0.05, 0.1) is 0 Å². The van der Waals surface area contributed by atoms with Gasteiger partial charge in [-0.3, -0.25) is 14.4 Å². The van der Waals surface area contributed by atoms with E-state index in [1.807, 2.05) is 75.1 Å². The monoisotopic (exact) mass is 449 g/mol. The topological polar surface area (TPSA) is 78.5 Å². The lowest BCUT2D eigenvalue weighted by Gasteiger charge is -2.36. The molecule has 6 heteroatoms. The van der Waals surface area contributed by atoms with E-state index in [2.05, 4.69) is 10.6 Å². The first kappa shape index (κ1) is 24.5. The van der Waals surface area contributed by atoms with E-state index < -0.39 is 6.04 Å². The Morgan fingerprint density at radius 1 is 0.939 bits per heavy atom. The number of nitrogens with zero attached hydrogens (tertiary/aromatic N) is 1. The Morgan fingerprint density at radius 3 is 2.21 bits per heavy atom. The minimum atomic E-state index is -0.636. The Kier molecular flexibility index (Phi) is 8.26. The van der Waals surface area contributed by atoms with E-state index in [0.717, 1.165) is 17.5 Å². The van der Waals surface area contributed by atoms with Crippen LogP contribution in [0.15, 0.2) is 48.5 Å². The van der Waals surface area contributed by atoms with Gasteiger partial charge in [-0.2, -0.15) is 0 Å². The van der Waals surface area contributed by atoms with Crippen LogP contribution >= 0.6 is 0 Å². The molecule has 6 nitrogen and oxygen atoms in total. The number of rotatable bonds is 7. The van der Waals surface area contributed by atoms with Crippen LogP contribution in [0.2, 0.25) is 0 Å². The number of amides is 3. The van der Waals surface area contributed by atoms with Gasteiger partial charge in [-0.25, -0.2) is 0 Å². The second-order valence-electron chi connectivity index (χ2n) is 9.13. The molecule has 1 saturated heterocycles. The van der Waals surface area contributed by atoms with E-state index in [1.54, 1.807) is 6.07 Å². The molecule has 1 fully saturated rings. The van der Waals surface area contributed by atoms with Gasteiger partial charge >= 0.3 is 0 Å². The van der Waals surface area contributed by atoms with E-state index in [0.29, 0.717) is 37.1 Å². The van der Waals surface area contributed by atoms with Crippen LogP contribution in [0.1, 0.15) is 65.0 Å². The van der Waals surface area contributed by atoms with Crippen molar-refractivity contribution in [3.05, 3.63) is 70.8 Å². The third-order valence-corrected chi connectivity index (χ3v) is 6.45. The van der Waals surface area contributed by atoms with Crippen molar-refractivity contribution in [2.24, 2.45) is 5.92 Å². The molecule has 0 aliphatic carbocycles. The minimum Gasteiger partial charge on any atom is -0.352 e. The number of aryl methyl sites for hydroxylation is 2. The van der Waals surface area contributed by atoms with Gasteiger partial charge in [0.2, 0.25) is 5.91 Å². The third-order valence-electron chi connectivity index (χ3n) is 6.45. The van der Waals surface area contributed by atoms with Gasteiger partial charge < -0.3 is 15.5 Å². The molecule has 0 spiro atoms. The maximum atomic E-state index is 13.1. The number of nitrogens with one attached hydrogen (secondary N) is 2. The fourth-order valence-corrected chi connectivity index (χ4v) is 4.16. The highest BCUT2D eigenvalue weighted by Crippen LogP contribution is 2.23. The first-order chi connectivity index (χ1) is 15.8. The molecule has 2 N–H and O–H groups in total. The van der Waals surface area contributed by atoms with Gasteiger partial charge in [0.1, 0.15) is 6.04 Å². The number of benzene rings is 2. The summed E-state index contributed by atoms with van der Waals surface area (Å²) in [6.07, 6.45) is 2.13. The highest BCUT2D eigenvalue weighted by molar-refractivity contribution is 5.98. The minimum absolute atomic E-state index is 0.0119. The Bertz CT molecular complexity index is 978. The van der Waals surface area contributed by atoms with Crippen molar-refractivity contribution < 1.29 is 14.4 Å². The summed E-state index contributed by atoms with van der Waals surface area (Å²) in [6.45, 7) is 9.02. The summed E-state index contributed by atoms with van der Waals surface area (Å²) in [7, 11) is 0. The van der Waals surface area contributed by atoms with Crippen LogP contribution in [0.3, 0.4) is 0 Å². The average molecular weight is 450 g/mol. The molecule has 33 heavy (non-hydrogen) atoms. The Balaban J connectivity index is 1.70. The summed E-state index contributed by atoms with van der Waals surface area (Å²) in [5.41, 5.74) is 3.33. The quantitative estimate of drug-likeness (QED) is 0.674. The molecule has 0 bridgehead atoms. The fraction of sp³-hybridized carbons (Fsp3) is 0.444. The molecule has 3 rings (SSSR count). The summed E-state index contributed by atoms with van der Waals surface area (Å²) in [6, 6.07) is 14.3. The fourth-order valence-electron chi connectivity index (χ4n) is 4.16. The standard InChI is InChI=1S/C27H35N3O3/c1-5-20(4)28-26(32)24(29-25(31)23-8-6-7-19(3)17-23)21-13-15-30(16-14-21)27(33)22-11-9-18(2)10-12-22/h6-12,17,20-21,24H,5,13-16H2,1-4H3,(H,28,32)(H,29,31)/t20-,24+/m1/s1. The summed E-state index contributed by atoms with van der Waals surface area (Å²) >= 11 is 0. The van der Waals surface area contributed by atoms with Crippen LogP contribution in [0, 0.1) is 19.8 Å². The average Bonchev–Trinajstić information content (AvgIpc) is 2.82. The molecule has 1 aliphatic rings. The Labute approximate surface area is 196 Å². The second-order valence-corrected chi connectivity index (χ2v) is 9.13. The van der Waals surface area contributed by atoms with Crippen molar-refractivity contribution in [1.29, 1.82) is 0 Å². The van der Waals surface area contributed by atoms with Crippen molar-refractivity contribution in [2.75, 3.05) is 13.1 Å². The number of hydrogen-bond acceptors (Lipinski definition) is 3. The van der Waals surface area contributed by atoms with Crippen LogP contribution in [-0.4, -0.2) is 47.8 Å². The summed E-state index contributed by atoms with van der Waals surface area (Å²) in [5.74, 6) is -0.433. The highest BCUT2D eigenvalue weighted by Gasteiger charge is 2.34. The summed E-state index contributed by atoms with van der Waals surface area (Å²) in [5, 5.41) is 6.01. The van der Waals surface area contributed by atoms with E-state index in [-0.39, 0.29) is 29.7 Å². The zero-order valence-electron chi connectivity index (χ0n) is 20.1. The smallest absolute Gasteiger partial charge is 0.253 e. The van der Waals surface area contributed by atoms with E-state index >= 15 is 0 Å². The van der Waals surface area contributed by atoms with Crippen molar-refractivity contribution in [2.45, 2.75) is 59.0 Å². The molecule has 3 amide bonds. The Morgan fingerprint density at radius 2 is 1.61 bits per heavy atom. The van der Waals surface area contributed by atoms with Crippen molar-refractivity contribution in [3.8, 4) is 0 Å². The van der Waals surface area contributed by atoms with Gasteiger partial charge in [-0.15, -0.1) is 0 Å². The molecule has 2 aromatic carbocycles. The molecular formula is C27H35N3O3. The molecule has 0 aromatic heterocycles.